The maximum atomic E-state index is 13.8. The summed E-state index contributed by atoms with van der Waals surface area (Å²) in [7, 11) is 0. The van der Waals surface area contributed by atoms with Crippen LogP contribution in [0.1, 0.15) is 19.4 Å². The molecule has 0 unspecified atom stereocenters. The fraction of sp³-hybridized carbons (Fsp3) is 0.417. The predicted molar refractivity (Wildman–Crippen MR) is 58.3 cm³/mol. The largest absolute Gasteiger partial charge is 0.349 e. The van der Waals surface area contributed by atoms with Gasteiger partial charge in [0.05, 0.1) is 0 Å². The van der Waals surface area contributed by atoms with Crippen molar-refractivity contribution in [1.82, 2.24) is 4.90 Å². The van der Waals surface area contributed by atoms with Crippen LogP contribution in [0.5, 0.6) is 0 Å². The van der Waals surface area contributed by atoms with Gasteiger partial charge in [-0.2, -0.15) is 8.78 Å². The lowest BCUT2D eigenvalue weighted by Crippen LogP contribution is -2.41. The minimum absolute atomic E-state index is 0.257. The number of carbonyl (C=O) groups excluding carboxylic acids is 1. The lowest BCUT2D eigenvalue weighted by molar-refractivity contribution is -0.158. The lowest BCUT2D eigenvalue weighted by atomic mass is 10.1. The van der Waals surface area contributed by atoms with Crippen LogP contribution in [0.15, 0.2) is 30.3 Å². The zero-order valence-corrected chi connectivity index (χ0v) is 9.41. The highest BCUT2D eigenvalue weighted by Crippen LogP contribution is 2.29. The van der Waals surface area contributed by atoms with Gasteiger partial charge in [0, 0.05) is 18.7 Å². The van der Waals surface area contributed by atoms with Crippen molar-refractivity contribution in [3.8, 4) is 0 Å². The van der Waals surface area contributed by atoms with E-state index in [9.17, 15) is 13.6 Å². The highest BCUT2D eigenvalue weighted by Gasteiger charge is 2.42. The summed E-state index contributed by atoms with van der Waals surface area (Å²) >= 11 is 0. The second-order valence-electron chi connectivity index (χ2n) is 3.42. The molecule has 1 aromatic rings. The maximum Gasteiger partial charge on any atom is 0.349 e. The first kappa shape index (κ1) is 12.6. The maximum absolute atomic E-state index is 13.8. The molecule has 0 aliphatic rings. The number of hydrogen-bond donors (Lipinski definition) is 0. The zero-order valence-electron chi connectivity index (χ0n) is 9.41. The summed E-state index contributed by atoms with van der Waals surface area (Å²) < 4.78 is 27.6. The molecule has 0 fully saturated rings. The molecule has 0 aliphatic heterocycles. The monoisotopic (exact) mass is 227 g/mol. The number of carbonyl (C=O) groups is 1. The Hall–Kier alpha value is -1.45. The number of alkyl halides is 2. The second-order valence-corrected chi connectivity index (χ2v) is 3.42. The Morgan fingerprint density at radius 3 is 2.12 bits per heavy atom. The molecule has 1 rings (SSSR count). The Kier molecular flexibility index (Phi) is 3.99. The third-order valence-electron chi connectivity index (χ3n) is 2.46. The van der Waals surface area contributed by atoms with Crippen LogP contribution in [-0.4, -0.2) is 23.9 Å². The molecule has 0 saturated carbocycles. The van der Waals surface area contributed by atoms with Crippen LogP contribution in [0.25, 0.3) is 0 Å². The van der Waals surface area contributed by atoms with Crippen molar-refractivity contribution in [3.05, 3.63) is 35.9 Å². The minimum Gasteiger partial charge on any atom is -0.338 e. The molecular weight excluding hydrogens is 212 g/mol. The minimum atomic E-state index is -3.44. The predicted octanol–water partition coefficient (Wildman–Crippen LogP) is 2.65. The van der Waals surface area contributed by atoms with Gasteiger partial charge in [0.2, 0.25) is 0 Å². The van der Waals surface area contributed by atoms with E-state index < -0.39 is 11.8 Å². The van der Waals surface area contributed by atoms with E-state index >= 15 is 0 Å². The van der Waals surface area contributed by atoms with Crippen molar-refractivity contribution >= 4 is 5.91 Å². The molecule has 0 atom stereocenters. The molecule has 0 saturated heterocycles. The average Bonchev–Trinajstić information content (AvgIpc) is 2.31. The van der Waals surface area contributed by atoms with E-state index in [1.807, 2.05) is 0 Å². The molecule has 1 aromatic carbocycles. The van der Waals surface area contributed by atoms with E-state index in [-0.39, 0.29) is 18.7 Å². The fourth-order valence-corrected chi connectivity index (χ4v) is 1.48. The Labute approximate surface area is 93.9 Å². The molecular formula is C12H15F2NO. The Balaban J connectivity index is 2.98. The summed E-state index contributed by atoms with van der Waals surface area (Å²) in [5.74, 6) is -4.57. The molecule has 0 heterocycles. The molecule has 0 aromatic heterocycles. The van der Waals surface area contributed by atoms with Crippen LogP contribution in [-0.2, 0) is 10.7 Å². The number of nitrogens with zero attached hydrogens (tertiary/aromatic N) is 1. The molecule has 4 heteroatoms. The Morgan fingerprint density at radius 2 is 1.69 bits per heavy atom. The van der Waals surface area contributed by atoms with Gasteiger partial charge < -0.3 is 4.90 Å². The SMILES string of the molecule is CCN(CC)C(=O)C(F)(F)c1ccccc1. The van der Waals surface area contributed by atoms with Gasteiger partial charge in [-0.3, -0.25) is 4.79 Å². The first-order chi connectivity index (χ1) is 7.54. The summed E-state index contributed by atoms with van der Waals surface area (Å²) in [5, 5.41) is 0. The first-order valence-electron chi connectivity index (χ1n) is 5.26. The third-order valence-corrected chi connectivity index (χ3v) is 2.46. The second kappa shape index (κ2) is 5.05. The van der Waals surface area contributed by atoms with Crippen molar-refractivity contribution in [3.63, 3.8) is 0 Å². The van der Waals surface area contributed by atoms with Gasteiger partial charge in [0.15, 0.2) is 0 Å². The number of hydrogen-bond acceptors (Lipinski definition) is 1. The van der Waals surface area contributed by atoms with Crippen molar-refractivity contribution in [2.45, 2.75) is 19.8 Å². The van der Waals surface area contributed by atoms with Crippen LogP contribution in [0.3, 0.4) is 0 Å². The Bertz CT molecular complexity index is 347. The number of amides is 1. The van der Waals surface area contributed by atoms with Crippen molar-refractivity contribution in [2.75, 3.05) is 13.1 Å². The molecule has 88 valence electrons. The van der Waals surface area contributed by atoms with Crippen LogP contribution in [0.2, 0.25) is 0 Å². The summed E-state index contributed by atoms with van der Waals surface area (Å²) in [4.78, 5) is 12.7. The number of halogens is 2. The van der Waals surface area contributed by atoms with Gasteiger partial charge in [-0.1, -0.05) is 30.3 Å². The van der Waals surface area contributed by atoms with E-state index in [4.69, 9.17) is 0 Å². The number of benzene rings is 1. The molecule has 0 N–H and O–H groups in total. The van der Waals surface area contributed by atoms with Crippen LogP contribution in [0, 0.1) is 0 Å². The molecule has 0 radical (unpaired) electrons. The Morgan fingerprint density at radius 1 is 1.19 bits per heavy atom. The summed E-state index contributed by atoms with van der Waals surface area (Å²) in [6.07, 6.45) is 0. The fourth-order valence-electron chi connectivity index (χ4n) is 1.48. The highest BCUT2D eigenvalue weighted by molar-refractivity contribution is 5.84. The normalized spacial score (nSPS) is 11.2. The van der Waals surface area contributed by atoms with E-state index in [1.54, 1.807) is 19.9 Å². The first-order valence-corrected chi connectivity index (χ1v) is 5.26. The standard InChI is InChI=1S/C12H15F2NO/c1-3-15(4-2)11(16)12(13,14)10-8-6-5-7-9-10/h5-9H,3-4H2,1-2H3. The summed E-state index contributed by atoms with van der Waals surface area (Å²) in [6.45, 7) is 3.94. The van der Waals surface area contributed by atoms with Crippen molar-refractivity contribution < 1.29 is 13.6 Å². The average molecular weight is 227 g/mol. The molecule has 16 heavy (non-hydrogen) atoms. The molecule has 0 spiro atoms. The third kappa shape index (κ3) is 2.38. The van der Waals surface area contributed by atoms with Gasteiger partial charge in [0.1, 0.15) is 0 Å². The van der Waals surface area contributed by atoms with Gasteiger partial charge in [-0.05, 0) is 13.8 Å². The van der Waals surface area contributed by atoms with Crippen molar-refractivity contribution in [2.24, 2.45) is 0 Å². The molecule has 2 nitrogen and oxygen atoms in total. The summed E-state index contributed by atoms with van der Waals surface area (Å²) in [6, 6.07) is 7.17. The zero-order chi connectivity index (χ0) is 12.2. The van der Waals surface area contributed by atoms with Crippen molar-refractivity contribution in [1.29, 1.82) is 0 Å². The molecule has 1 amide bonds. The van der Waals surface area contributed by atoms with Crippen LogP contribution < -0.4 is 0 Å². The smallest absolute Gasteiger partial charge is 0.338 e. The van der Waals surface area contributed by atoms with Crippen LogP contribution in [0.4, 0.5) is 8.78 Å². The molecule has 0 aliphatic carbocycles. The lowest BCUT2D eigenvalue weighted by Gasteiger charge is -2.24. The van der Waals surface area contributed by atoms with E-state index in [1.165, 1.54) is 24.3 Å². The number of rotatable bonds is 4. The number of likely N-dealkylation sites (N-methyl/N-ethyl adjacent to an activating group) is 1. The summed E-state index contributed by atoms with van der Waals surface area (Å²) in [5.41, 5.74) is -0.257. The van der Waals surface area contributed by atoms with E-state index in [0.29, 0.717) is 0 Å². The van der Waals surface area contributed by atoms with E-state index in [0.717, 1.165) is 4.90 Å². The van der Waals surface area contributed by atoms with Gasteiger partial charge >= 0.3 is 5.92 Å². The van der Waals surface area contributed by atoms with Gasteiger partial charge in [0.25, 0.3) is 5.91 Å². The van der Waals surface area contributed by atoms with Crippen LogP contribution >= 0.6 is 0 Å². The van der Waals surface area contributed by atoms with E-state index in [2.05, 4.69) is 0 Å². The molecule has 0 bridgehead atoms. The van der Waals surface area contributed by atoms with Gasteiger partial charge in [-0.25, -0.2) is 0 Å². The van der Waals surface area contributed by atoms with Gasteiger partial charge in [-0.15, -0.1) is 0 Å². The highest BCUT2D eigenvalue weighted by atomic mass is 19.3. The quantitative estimate of drug-likeness (QED) is 0.774. The topological polar surface area (TPSA) is 20.3 Å².